The summed E-state index contributed by atoms with van der Waals surface area (Å²) in [5.41, 5.74) is 1.39. The number of benzene rings is 2. The molecule has 1 N–H and O–H groups in total. The molecule has 2 rings (SSSR count). The third-order valence-electron chi connectivity index (χ3n) is 3.21. The molecule has 5 heteroatoms. The smallest absolute Gasteiger partial charge is 0.161 e. The number of ether oxygens (including phenoxy) is 3. The van der Waals surface area contributed by atoms with Crippen LogP contribution in [0.3, 0.4) is 0 Å². The van der Waals surface area contributed by atoms with Crippen molar-refractivity contribution in [3.05, 3.63) is 52.0 Å². The maximum atomic E-state index is 10.6. The van der Waals surface area contributed by atoms with Gasteiger partial charge in [0.1, 0.15) is 11.9 Å². The quantitative estimate of drug-likeness (QED) is 0.893. The Bertz CT molecular complexity index is 628. The largest absolute Gasteiger partial charge is 0.496 e. The molecular weight excluding hydrogens is 336 g/mol. The van der Waals surface area contributed by atoms with Crippen molar-refractivity contribution in [1.29, 1.82) is 0 Å². The number of rotatable bonds is 5. The zero-order valence-electron chi connectivity index (χ0n) is 12.1. The number of hydrogen-bond acceptors (Lipinski definition) is 4. The highest BCUT2D eigenvalue weighted by molar-refractivity contribution is 9.10. The fourth-order valence-electron chi connectivity index (χ4n) is 2.11. The van der Waals surface area contributed by atoms with Crippen LogP contribution in [0.5, 0.6) is 17.2 Å². The Hall–Kier alpha value is -1.72. The molecule has 1 unspecified atom stereocenters. The van der Waals surface area contributed by atoms with E-state index in [1.165, 1.54) is 0 Å². The molecule has 2 aromatic carbocycles. The lowest BCUT2D eigenvalue weighted by atomic mass is 10.00. The summed E-state index contributed by atoms with van der Waals surface area (Å²) < 4.78 is 16.7. The van der Waals surface area contributed by atoms with E-state index in [9.17, 15) is 5.11 Å². The van der Waals surface area contributed by atoms with Crippen LogP contribution in [0.1, 0.15) is 17.2 Å². The minimum atomic E-state index is -0.812. The SMILES string of the molecule is COc1ccc(C(O)c2ccc(Br)cc2OC)cc1OC. The first-order chi connectivity index (χ1) is 10.1. The van der Waals surface area contributed by atoms with Gasteiger partial charge in [-0.3, -0.25) is 0 Å². The maximum Gasteiger partial charge on any atom is 0.161 e. The molecule has 0 amide bonds. The highest BCUT2D eigenvalue weighted by atomic mass is 79.9. The van der Waals surface area contributed by atoms with Gasteiger partial charge in [0, 0.05) is 10.0 Å². The highest BCUT2D eigenvalue weighted by Crippen LogP contribution is 2.36. The maximum absolute atomic E-state index is 10.6. The predicted octanol–water partition coefficient (Wildman–Crippen LogP) is 3.56. The van der Waals surface area contributed by atoms with Crippen molar-refractivity contribution in [3.8, 4) is 17.2 Å². The van der Waals surface area contributed by atoms with Crippen LogP contribution in [0.25, 0.3) is 0 Å². The summed E-state index contributed by atoms with van der Waals surface area (Å²) in [6, 6.07) is 10.8. The summed E-state index contributed by atoms with van der Waals surface area (Å²) in [6.07, 6.45) is -0.812. The first kappa shape index (κ1) is 15.7. The lowest BCUT2D eigenvalue weighted by Gasteiger charge is -2.17. The molecule has 0 saturated heterocycles. The molecule has 2 aromatic rings. The average molecular weight is 353 g/mol. The topological polar surface area (TPSA) is 47.9 Å². The average Bonchev–Trinajstić information content (AvgIpc) is 2.53. The molecule has 112 valence electrons. The first-order valence-electron chi connectivity index (χ1n) is 6.34. The van der Waals surface area contributed by atoms with Crippen LogP contribution in [-0.2, 0) is 0 Å². The van der Waals surface area contributed by atoms with Crippen LogP contribution in [0, 0.1) is 0 Å². The Labute approximate surface area is 132 Å². The molecule has 4 nitrogen and oxygen atoms in total. The van der Waals surface area contributed by atoms with Crippen molar-refractivity contribution >= 4 is 15.9 Å². The van der Waals surface area contributed by atoms with Crippen molar-refractivity contribution in [2.24, 2.45) is 0 Å². The number of hydrogen-bond donors (Lipinski definition) is 1. The third kappa shape index (κ3) is 3.31. The summed E-state index contributed by atoms with van der Waals surface area (Å²) in [4.78, 5) is 0. The second kappa shape index (κ2) is 6.83. The van der Waals surface area contributed by atoms with Gasteiger partial charge in [0.05, 0.1) is 21.3 Å². The van der Waals surface area contributed by atoms with Crippen molar-refractivity contribution in [2.45, 2.75) is 6.10 Å². The van der Waals surface area contributed by atoms with Gasteiger partial charge in [0.2, 0.25) is 0 Å². The fourth-order valence-corrected chi connectivity index (χ4v) is 2.45. The fraction of sp³-hybridized carbons (Fsp3) is 0.250. The number of aliphatic hydroxyl groups is 1. The van der Waals surface area contributed by atoms with Gasteiger partial charge in [-0.2, -0.15) is 0 Å². The molecule has 0 spiro atoms. The van der Waals surface area contributed by atoms with Gasteiger partial charge in [0.25, 0.3) is 0 Å². The van der Waals surface area contributed by atoms with Gasteiger partial charge in [-0.15, -0.1) is 0 Å². The van der Waals surface area contributed by atoms with E-state index in [1.807, 2.05) is 18.2 Å². The van der Waals surface area contributed by atoms with Crippen molar-refractivity contribution in [1.82, 2.24) is 0 Å². The Morgan fingerprint density at radius 1 is 0.857 bits per heavy atom. The standard InChI is InChI=1S/C16H17BrO4/c1-19-13-7-4-10(8-15(13)21-3)16(18)12-6-5-11(17)9-14(12)20-2/h4-9,16,18H,1-3H3. The van der Waals surface area contributed by atoms with Crippen molar-refractivity contribution in [2.75, 3.05) is 21.3 Å². The summed E-state index contributed by atoms with van der Waals surface area (Å²) in [5, 5.41) is 10.6. The number of aliphatic hydroxyl groups excluding tert-OH is 1. The van der Waals surface area contributed by atoms with E-state index >= 15 is 0 Å². The second-order valence-corrected chi connectivity index (χ2v) is 5.32. The molecular formula is C16H17BrO4. The molecule has 21 heavy (non-hydrogen) atoms. The Balaban J connectivity index is 2.42. The van der Waals surface area contributed by atoms with Crippen LogP contribution in [0.2, 0.25) is 0 Å². The van der Waals surface area contributed by atoms with E-state index in [1.54, 1.807) is 39.5 Å². The van der Waals surface area contributed by atoms with Crippen LogP contribution in [0.15, 0.2) is 40.9 Å². The van der Waals surface area contributed by atoms with Crippen LogP contribution in [-0.4, -0.2) is 26.4 Å². The zero-order valence-corrected chi connectivity index (χ0v) is 13.7. The Morgan fingerprint density at radius 3 is 2.14 bits per heavy atom. The second-order valence-electron chi connectivity index (χ2n) is 4.40. The van der Waals surface area contributed by atoms with Gasteiger partial charge < -0.3 is 19.3 Å². The Morgan fingerprint density at radius 2 is 1.52 bits per heavy atom. The van der Waals surface area contributed by atoms with E-state index in [0.29, 0.717) is 28.4 Å². The summed E-state index contributed by atoms with van der Waals surface area (Å²) >= 11 is 3.39. The summed E-state index contributed by atoms with van der Waals surface area (Å²) in [7, 11) is 4.71. The third-order valence-corrected chi connectivity index (χ3v) is 3.71. The van der Waals surface area contributed by atoms with E-state index in [0.717, 1.165) is 4.47 Å². The number of halogens is 1. The van der Waals surface area contributed by atoms with E-state index in [-0.39, 0.29) is 0 Å². The normalized spacial score (nSPS) is 11.9. The van der Waals surface area contributed by atoms with Crippen LogP contribution >= 0.6 is 15.9 Å². The highest BCUT2D eigenvalue weighted by Gasteiger charge is 2.17. The van der Waals surface area contributed by atoms with Gasteiger partial charge in [-0.05, 0) is 29.8 Å². The minimum Gasteiger partial charge on any atom is -0.496 e. The van der Waals surface area contributed by atoms with Crippen molar-refractivity contribution in [3.63, 3.8) is 0 Å². The van der Waals surface area contributed by atoms with Gasteiger partial charge in [-0.1, -0.05) is 28.1 Å². The van der Waals surface area contributed by atoms with E-state index < -0.39 is 6.10 Å². The van der Waals surface area contributed by atoms with Gasteiger partial charge >= 0.3 is 0 Å². The number of methoxy groups -OCH3 is 3. The first-order valence-corrected chi connectivity index (χ1v) is 7.13. The zero-order chi connectivity index (χ0) is 15.4. The van der Waals surface area contributed by atoms with Crippen LogP contribution < -0.4 is 14.2 Å². The van der Waals surface area contributed by atoms with Gasteiger partial charge in [0.15, 0.2) is 11.5 Å². The molecule has 0 aromatic heterocycles. The Kier molecular flexibility index (Phi) is 5.09. The summed E-state index contributed by atoms with van der Waals surface area (Å²) in [5.74, 6) is 1.81. The van der Waals surface area contributed by atoms with E-state index in [4.69, 9.17) is 14.2 Å². The molecule has 0 bridgehead atoms. The molecule has 1 atom stereocenters. The molecule has 0 fully saturated rings. The molecule has 0 heterocycles. The molecule has 0 saturated carbocycles. The molecule has 0 aliphatic rings. The lowest BCUT2D eigenvalue weighted by Crippen LogP contribution is -2.03. The molecule has 0 radical (unpaired) electrons. The van der Waals surface area contributed by atoms with E-state index in [2.05, 4.69) is 15.9 Å². The van der Waals surface area contributed by atoms with Gasteiger partial charge in [-0.25, -0.2) is 0 Å². The molecule has 0 aliphatic carbocycles. The predicted molar refractivity (Wildman–Crippen MR) is 84.3 cm³/mol. The summed E-state index contributed by atoms with van der Waals surface area (Å²) in [6.45, 7) is 0. The lowest BCUT2D eigenvalue weighted by molar-refractivity contribution is 0.214. The van der Waals surface area contributed by atoms with Crippen molar-refractivity contribution < 1.29 is 19.3 Å². The monoisotopic (exact) mass is 352 g/mol. The molecule has 0 aliphatic heterocycles. The van der Waals surface area contributed by atoms with Crippen LogP contribution in [0.4, 0.5) is 0 Å². The minimum absolute atomic E-state index is 0.574.